The minimum Gasteiger partial charge on any atom is -0.338 e. The van der Waals surface area contributed by atoms with Crippen molar-refractivity contribution in [2.75, 3.05) is 11.4 Å². The molecule has 0 fully saturated rings. The molecule has 0 saturated heterocycles. The summed E-state index contributed by atoms with van der Waals surface area (Å²) >= 11 is 0. The average Bonchev–Trinajstić information content (AvgIpc) is 2.42. The van der Waals surface area contributed by atoms with Crippen LogP contribution in [0.3, 0.4) is 0 Å². The third-order valence-electron chi connectivity index (χ3n) is 4.38. The van der Waals surface area contributed by atoms with Crippen LogP contribution < -0.4 is 4.90 Å². The molecule has 1 atom stereocenters. The van der Waals surface area contributed by atoms with Gasteiger partial charge in [-0.2, -0.15) is 0 Å². The van der Waals surface area contributed by atoms with Crippen molar-refractivity contribution in [3.8, 4) is 0 Å². The van der Waals surface area contributed by atoms with E-state index in [0.29, 0.717) is 6.54 Å². The van der Waals surface area contributed by atoms with Crippen molar-refractivity contribution in [1.82, 2.24) is 4.90 Å². The molecule has 0 spiro atoms. The lowest BCUT2D eigenvalue weighted by Crippen LogP contribution is -2.51. The van der Waals surface area contributed by atoms with E-state index in [1.807, 2.05) is 35.8 Å². The van der Waals surface area contributed by atoms with E-state index in [-0.39, 0.29) is 23.9 Å². The molecule has 120 valence electrons. The molecule has 22 heavy (non-hydrogen) atoms. The predicted molar refractivity (Wildman–Crippen MR) is 89.0 cm³/mol. The summed E-state index contributed by atoms with van der Waals surface area (Å²) in [4.78, 5) is 27.8. The molecular weight excluding hydrogens is 276 g/mol. The van der Waals surface area contributed by atoms with Gasteiger partial charge in [0.1, 0.15) is 0 Å². The van der Waals surface area contributed by atoms with Crippen molar-refractivity contribution in [3.63, 3.8) is 0 Å². The second kappa shape index (κ2) is 6.51. The van der Waals surface area contributed by atoms with E-state index in [9.17, 15) is 9.59 Å². The Morgan fingerprint density at radius 2 is 2.00 bits per heavy atom. The highest BCUT2D eigenvalue weighted by Crippen LogP contribution is 2.32. The number of nitrogens with zero attached hydrogens (tertiary/aromatic N) is 2. The van der Waals surface area contributed by atoms with Gasteiger partial charge in [-0.25, -0.2) is 0 Å². The monoisotopic (exact) mass is 302 g/mol. The minimum absolute atomic E-state index is 0.0436. The Kier molecular flexibility index (Phi) is 4.89. The van der Waals surface area contributed by atoms with E-state index in [1.54, 1.807) is 13.8 Å². The Morgan fingerprint density at radius 1 is 1.32 bits per heavy atom. The molecule has 0 N–H and O–H groups in total. The standard InChI is InChI=1S/C18H26N2O2/c1-12(2)19(14(4)21)11-17-8-7-16-10-13(3)6-9-18(16)20(17)15(5)22/h6,9-10,12,17H,7-8,11H2,1-5H3. The molecule has 0 aliphatic carbocycles. The van der Waals surface area contributed by atoms with Gasteiger partial charge >= 0.3 is 0 Å². The third kappa shape index (κ3) is 3.32. The number of benzene rings is 1. The molecule has 1 aliphatic heterocycles. The molecule has 1 heterocycles. The summed E-state index contributed by atoms with van der Waals surface area (Å²) in [5.74, 6) is 0.107. The Morgan fingerprint density at radius 3 is 2.55 bits per heavy atom. The first kappa shape index (κ1) is 16.5. The fraction of sp³-hybridized carbons (Fsp3) is 0.556. The first-order valence-corrected chi connectivity index (χ1v) is 7.97. The van der Waals surface area contributed by atoms with Gasteiger partial charge in [-0.3, -0.25) is 9.59 Å². The van der Waals surface area contributed by atoms with Crippen LogP contribution in [0.25, 0.3) is 0 Å². The van der Waals surface area contributed by atoms with Gasteiger partial charge in [-0.05, 0) is 45.2 Å². The van der Waals surface area contributed by atoms with Crippen LogP contribution in [0.5, 0.6) is 0 Å². The average molecular weight is 302 g/mol. The largest absolute Gasteiger partial charge is 0.338 e. The van der Waals surface area contributed by atoms with Gasteiger partial charge in [0, 0.05) is 32.1 Å². The third-order valence-corrected chi connectivity index (χ3v) is 4.38. The van der Waals surface area contributed by atoms with E-state index in [1.165, 1.54) is 11.1 Å². The molecule has 1 aromatic carbocycles. The van der Waals surface area contributed by atoms with Crippen LogP contribution in [0.4, 0.5) is 5.69 Å². The second-order valence-corrected chi connectivity index (χ2v) is 6.48. The highest BCUT2D eigenvalue weighted by atomic mass is 16.2. The Balaban J connectivity index is 2.31. The maximum absolute atomic E-state index is 12.2. The summed E-state index contributed by atoms with van der Waals surface area (Å²) in [5, 5.41) is 0. The van der Waals surface area contributed by atoms with Gasteiger partial charge in [0.05, 0.1) is 6.04 Å². The Bertz CT molecular complexity index is 580. The summed E-state index contributed by atoms with van der Waals surface area (Å²) in [6.45, 7) is 9.90. The van der Waals surface area contributed by atoms with E-state index in [0.717, 1.165) is 18.5 Å². The van der Waals surface area contributed by atoms with Crippen molar-refractivity contribution in [1.29, 1.82) is 0 Å². The van der Waals surface area contributed by atoms with Crippen molar-refractivity contribution in [2.24, 2.45) is 0 Å². The Labute approximate surface area is 133 Å². The molecule has 2 rings (SSSR count). The number of rotatable bonds is 3. The fourth-order valence-electron chi connectivity index (χ4n) is 3.33. The topological polar surface area (TPSA) is 40.6 Å². The summed E-state index contributed by atoms with van der Waals surface area (Å²) in [7, 11) is 0. The normalized spacial score (nSPS) is 17.4. The van der Waals surface area contributed by atoms with Crippen molar-refractivity contribution in [2.45, 2.75) is 59.5 Å². The molecule has 0 aromatic heterocycles. The van der Waals surface area contributed by atoms with E-state index < -0.39 is 0 Å². The van der Waals surface area contributed by atoms with E-state index in [4.69, 9.17) is 0 Å². The highest BCUT2D eigenvalue weighted by Gasteiger charge is 2.31. The molecule has 4 nitrogen and oxygen atoms in total. The van der Waals surface area contributed by atoms with Crippen LogP contribution >= 0.6 is 0 Å². The summed E-state index contributed by atoms with van der Waals surface area (Å²) in [6, 6.07) is 6.44. The number of anilines is 1. The lowest BCUT2D eigenvalue weighted by atomic mass is 9.93. The van der Waals surface area contributed by atoms with Crippen LogP contribution in [0.15, 0.2) is 18.2 Å². The van der Waals surface area contributed by atoms with Crippen molar-refractivity contribution >= 4 is 17.5 Å². The van der Waals surface area contributed by atoms with Gasteiger partial charge in [0.25, 0.3) is 0 Å². The zero-order valence-electron chi connectivity index (χ0n) is 14.2. The van der Waals surface area contributed by atoms with Crippen molar-refractivity contribution < 1.29 is 9.59 Å². The zero-order valence-corrected chi connectivity index (χ0v) is 14.2. The number of aryl methyl sites for hydroxylation is 2. The molecule has 2 amide bonds. The SMILES string of the molecule is CC(=O)N(CC1CCc2cc(C)ccc2N1C(C)=O)C(C)C. The van der Waals surface area contributed by atoms with E-state index >= 15 is 0 Å². The lowest BCUT2D eigenvalue weighted by Gasteiger charge is -2.40. The van der Waals surface area contributed by atoms with Gasteiger partial charge in [0.2, 0.25) is 11.8 Å². The van der Waals surface area contributed by atoms with Crippen molar-refractivity contribution in [3.05, 3.63) is 29.3 Å². The van der Waals surface area contributed by atoms with Crippen LogP contribution in [0.1, 0.15) is 45.2 Å². The lowest BCUT2D eigenvalue weighted by molar-refractivity contribution is -0.131. The molecule has 1 aromatic rings. The van der Waals surface area contributed by atoms with Gasteiger partial charge < -0.3 is 9.80 Å². The maximum atomic E-state index is 12.2. The quantitative estimate of drug-likeness (QED) is 0.861. The van der Waals surface area contributed by atoms with Crippen LogP contribution in [0.2, 0.25) is 0 Å². The first-order valence-electron chi connectivity index (χ1n) is 7.97. The van der Waals surface area contributed by atoms with Crippen LogP contribution in [-0.2, 0) is 16.0 Å². The molecule has 4 heteroatoms. The molecule has 0 radical (unpaired) electrons. The van der Waals surface area contributed by atoms with Crippen LogP contribution in [0, 0.1) is 6.92 Å². The molecule has 1 unspecified atom stereocenters. The first-order chi connectivity index (χ1) is 10.3. The molecule has 1 aliphatic rings. The summed E-state index contributed by atoms with van der Waals surface area (Å²) in [6.07, 6.45) is 1.85. The second-order valence-electron chi connectivity index (χ2n) is 6.48. The smallest absolute Gasteiger partial charge is 0.224 e. The zero-order chi connectivity index (χ0) is 16.4. The number of carbonyl (C=O) groups excluding carboxylic acids is 2. The van der Waals surface area contributed by atoms with Gasteiger partial charge in [0.15, 0.2) is 0 Å². The number of carbonyl (C=O) groups is 2. The molecule has 0 saturated carbocycles. The highest BCUT2D eigenvalue weighted by molar-refractivity contribution is 5.93. The summed E-state index contributed by atoms with van der Waals surface area (Å²) < 4.78 is 0. The number of fused-ring (bicyclic) bond motifs is 1. The summed E-state index contributed by atoms with van der Waals surface area (Å²) in [5.41, 5.74) is 3.44. The van der Waals surface area contributed by atoms with Gasteiger partial charge in [-0.15, -0.1) is 0 Å². The predicted octanol–water partition coefficient (Wildman–Crippen LogP) is 2.92. The maximum Gasteiger partial charge on any atom is 0.224 e. The number of amides is 2. The number of hydrogen-bond acceptors (Lipinski definition) is 2. The van der Waals surface area contributed by atoms with Crippen LogP contribution in [-0.4, -0.2) is 35.3 Å². The molecule has 0 bridgehead atoms. The molecular formula is C18H26N2O2. The van der Waals surface area contributed by atoms with Gasteiger partial charge in [-0.1, -0.05) is 17.7 Å². The number of hydrogen-bond donors (Lipinski definition) is 0. The van der Waals surface area contributed by atoms with E-state index in [2.05, 4.69) is 13.0 Å². The minimum atomic E-state index is 0.0436. The fourth-order valence-corrected chi connectivity index (χ4v) is 3.33. The Hall–Kier alpha value is -1.84.